The van der Waals surface area contributed by atoms with Gasteiger partial charge in [0.15, 0.2) is 16.9 Å². The first-order valence-corrected chi connectivity index (χ1v) is 11.3. The van der Waals surface area contributed by atoms with Crippen LogP contribution in [0.4, 0.5) is 11.6 Å². The number of hydrogen-bond acceptors (Lipinski definition) is 6. The molecule has 0 fully saturated rings. The summed E-state index contributed by atoms with van der Waals surface area (Å²) in [5, 5.41) is 20.5. The Morgan fingerprint density at radius 3 is 2.40 bits per heavy atom. The lowest BCUT2D eigenvalue weighted by atomic mass is 10.2. The summed E-state index contributed by atoms with van der Waals surface area (Å²) < 4.78 is 5.69. The monoisotopic (exact) mass is 491 g/mol. The molecule has 0 aliphatic carbocycles. The van der Waals surface area contributed by atoms with E-state index in [1.807, 2.05) is 31.2 Å². The molecule has 1 N–H and O–H groups in total. The van der Waals surface area contributed by atoms with Crippen molar-refractivity contribution in [3.05, 3.63) is 80.0 Å². The van der Waals surface area contributed by atoms with Crippen molar-refractivity contribution >= 4 is 45.3 Å². The Morgan fingerprint density at radius 2 is 1.69 bits per heavy atom. The second-order valence-electron chi connectivity index (χ2n) is 8.14. The maximum Gasteiger partial charge on any atom is 0.332 e. The van der Waals surface area contributed by atoms with Gasteiger partial charge in [0, 0.05) is 31.0 Å². The summed E-state index contributed by atoms with van der Waals surface area (Å²) in [6.07, 6.45) is 0. The number of halogens is 1. The van der Waals surface area contributed by atoms with Gasteiger partial charge in [0.25, 0.3) is 11.5 Å². The maximum atomic E-state index is 13.3. The smallest absolute Gasteiger partial charge is 0.332 e. The van der Waals surface area contributed by atoms with E-state index in [0.717, 1.165) is 21.0 Å². The van der Waals surface area contributed by atoms with Gasteiger partial charge in [-0.1, -0.05) is 41.9 Å². The summed E-state index contributed by atoms with van der Waals surface area (Å²) >= 11 is 5.95. The predicted octanol–water partition coefficient (Wildman–Crippen LogP) is 4.23. The van der Waals surface area contributed by atoms with Crippen LogP contribution in [0.2, 0.25) is 5.02 Å². The van der Waals surface area contributed by atoms with Crippen LogP contribution < -0.4 is 11.2 Å². The van der Waals surface area contributed by atoms with Gasteiger partial charge >= 0.3 is 5.69 Å². The van der Waals surface area contributed by atoms with Gasteiger partial charge < -0.3 is 14.2 Å². The number of azo groups is 1. The van der Waals surface area contributed by atoms with Crippen LogP contribution in [0.15, 0.2) is 68.3 Å². The Balaban J connectivity index is 1.63. The Hall–Kier alpha value is -4.18. The average Bonchev–Trinajstić information content (AvgIpc) is 3.33. The molecule has 0 saturated heterocycles. The molecule has 0 bridgehead atoms. The van der Waals surface area contributed by atoms with Crippen LogP contribution >= 0.6 is 11.6 Å². The quantitative estimate of drug-likeness (QED) is 0.371. The maximum absolute atomic E-state index is 13.3. The molecule has 178 valence electrons. The van der Waals surface area contributed by atoms with Crippen LogP contribution in [-0.4, -0.2) is 28.4 Å². The molecule has 35 heavy (non-hydrogen) atoms. The molecule has 10 nitrogen and oxygen atoms in total. The molecule has 0 aliphatic heterocycles. The average molecular weight is 492 g/mol. The van der Waals surface area contributed by atoms with E-state index in [9.17, 15) is 14.7 Å². The van der Waals surface area contributed by atoms with Crippen molar-refractivity contribution in [3.8, 4) is 5.88 Å². The highest BCUT2D eigenvalue weighted by Gasteiger charge is 2.20. The largest absolute Gasteiger partial charge is 0.493 e. The van der Waals surface area contributed by atoms with E-state index in [4.69, 9.17) is 11.6 Å². The van der Waals surface area contributed by atoms with Crippen LogP contribution in [-0.2, 0) is 27.2 Å². The molecule has 0 amide bonds. The normalized spacial score (nSPS) is 11.9. The van der Waals surface area contributed by atoms with Crippen molar-refractivity contribution in [3.63, 3.8) is 0 Å². The van der Waals surface area contributed by atoms with Crippen LogP contribution in [0.25, 0.3) is 22.1 Å². The zero-order chi connectivity index (χ0) is 24.9. The van der Waals surface area contributed by atoms with Gasteiger partial charge in [0.05, 0.1) is 12.1 Å². The number of aryl methyl sites for hydroxylation is 3. The van der Waals surface area contributed by atoms with Crippen LogP contribution in [0.1, 0.15) is 12.5 Å². The van der Waals surface area contributed by atoms with Crippen LogP contribution in [0.5, 0.6) is 5.88 Å². The van der Waals surface area contributed by atoms with Gasteiger partial charge in [-0.25, -0.2) is 4.79 Å². The summed E-state index contributed by atoms with van der Waals surface area (Å²) in [7, 11) is 3.19. The fraction of sp³-hybridized carbons (Fsp3) is 0.208. The minimum absolute atomic E-state index is 0.00562. The van der Waals surface area contributed by atoms with Gasteiger partial charge in [-0.3, -0.25) is 13.9 Å². The molecule has 5 aromatic rings. The lowest BCUT2D eigenvalue weighted by Gasteiger charge is -2.08. The minimum Gasteiger partial charge on any atom is -0.493 e. The zero-order valence-corrected chi connectivity index (χ0v) is 20.1. The molecule has 5 rings (SSSR count). The van der Waals surface area contributed by atoms with Gasteiger partial charge in [0.1, 0.15) is 0 Å². The first-order chi connectivity index (χ1) is 16.8. The van der Waals surface area contributed by atoms with Gasteiger partial charge in [-0.05, 0) is 30.7 Å². The first kappa shape index (κ1) is 22.6. The Morgan fingerprint density at radius 1 is 0.971 bits per heavy atom. The molecule has 3 heterocycles. The van der Waals surface area contributed by atoms with Crippen molar-refractivity contribution in [1.29, 1.82) is 0 Å². The Bertz CT molecular complexity index is 1740. The summed E-state index contributed by atoms with van der Waals surface area (Å²) in [6, 6.07) is 14.4. The number of fused-ring (bicyclic) bond motifs is 2. The number of nitrogens with zero attached hydrogens (tertiary/aromatic N) is 7. The minimum atomic E-state index is -0.498. The number of aromatic nitrogens is 5. The van der Waals surface area contributed by atoms with E-state index < -0.39 is 11.2 Å². The van der Waals surface area contributed by atoms with E-state index in [0.29, 0.717) is 17.3 Å². The molecule has 3 aromatic heterocycles. The number of rotatable bonds is 5. The number of hydrogen-bond donors (Lipinski definition) is 1. The second kappa shape index (κ2) is 8.55. The Labute approximate surface area is 204 Å². The molecule has 2 aromatic carbocycles. The third kappa shape index (κ3) is 3.62. The highest BCUT2D eigenvalue weighted by Crippen LogP contribution is 2.39. The van der Waals surface area contributed by atoms with Crippen molar-refractivity contribution in [2.45, 2.75) is 20.0 Å². The second-order valence-corrected chi connectivity index (χ2v) is 8.57. The fourth-order valence-corrected chi connectivity index (χ4v) is 4.34. The van der Waals surface area contributed by atoms with E-state index >= 15 is 0 Å². The van der Waals surface area contributed by atoms with Gasteiger partial charge in [-0.2, -0.15) is 4.98 Å². The lowest BCUT2D eigenvalue weighted by Crippen LogP contribution is -2.39. The zero-order valence-electron chi connectivity index (χ0n) is 19.3. The van der Waals surface area contributed by atoms with Gasteiger partial charge in [-0.15, -0.1) is 10.2 Å². The topological polar surface area (TPSA) is 112 Å². The van der Waals surface area contributed by atoms with Crippen molar-refractivity contribution < 1.29 is 5.11 Å². The van der Waals surface area contributed by atoms with Crippen molar-refractivity contribution in [2.75, 3.05) is 0 Å². The summed E-state index contributed by atoms with van der Waals surface area (Å²) in [5.41, 5.74) is 1.34. The molecule has 0 saturated carbocycles. The molecule has 11 heteroatoms. The molecule has 0 radical (unpaired) electrons. The van der Waals surface area contributed by atoms with E-state index in [2.05, 4.69) is 15.2 Å². The van der Waals surface area contributed by atoms with Crippen LogP contribution in [0, 0.1) is 0 Å². The van der Waals surface area contributed by atoms with E-state index in [1.165, 1.54) is 9.13 Å². The summed E-state index contributed by atoms with van der Waals surface area (Å²) in [4.78, 5) is 30.7. The molecule has 0 atom stereocenters. The number of imidazole rings is 1. The van der Waals surface area contributed by atoms with Crippen LogP contribution in [0.3, 0.4) is 0 Å². The van der Waals surface area contributed by atoms with E-state index in [-0.39, 0.29) is 29.5 Å². The van der Waals surface area contributed by atoms with Gasteiger partial charge in [0.2, 0.25) is 5.88 Å². The molecule has 0 aliphatic rings. The van der Waals surface area contributed by atoms with Crippen molar-refractivity contribution in [2.24, 2.45) is 24.3 Å². The molecule has 0 spiro atoms. The standard InChI is InChI=1S/C24H22ClN7O3/c1-4-31-17-8-6-5-7-16(17)18(21(31)33)27-28-23-26-20-19(29(23)2)22(34)32(24(35)30(20)3)13-14-9-11-15(25)12-10-14/h5-12,33H,4,13H2,1-3H3. The third-order valence-corrected chi connectivity index (χ3v) is 6.32. The first-order valence-electron chi connectivity index (χ1n) is 10.9. The summed E-state index contributed by atoms with van der Waals surface area (Å²) in [5.74, 6) is 0.123. The molecular weight excluding hydrogens is 470 g/mol. The van der Waals surface area contributed by atoms with Crippen molar-refractivity contribution in [1.82, 2.24) is 23.3 Å². The highest BCUT2D eigenvalue weighted by atomic mass is 35.5. The number of aromatic hydroxyl groups is 1. The molecule has 0 unspecified atom stereocenters. The molecular formula is C24H22ClN7O3. The Kier molecular flexibility index (Phi) is 5.52. The number of para-hydroxylation sites is 1. The highest BCUT2D eigenvalue weighted by molar-refractivity contribution is 6.30. The van der Waals surface area contributed by atoms with E-state index in [1.54, 1.807) is 42.9 Å². The fourth-order valence-electron chi connectivity index (χ4n) is 4.22. The third-order valence-electron chi connectivity index (χ3n) is 6.06. The lowest BCUT2D eigenvalue weighted by molar-refractivity contribution is 0.427. The number of benzene rings is 2. The summed E-state index contributed by atoms with van der Waals surface area (Å²) in [6.45, 7) is 2.57. The predicted molar refractivity (Wildman–Crippen MR) is 134 cm³/mol. The SMILES string of the molecule is CCn1c(O)c(N=Nc2nc3c(c(=O)n(Cc4ccc(Cl)cc4)c(=O)n3C)n2C)c2ccccc21.